The van der Waals surface area contributed by atoms with E-state index in [2.05, 4.69) is 5.32 Å². The quantitative estimate of drug-likeness (QED) is 0.597. The van der Waals surface area contributed by atoms with E-state index in [0.29, 0.717) is 0 Å². The molecule has 0 unspecified atom stereocenters. The molecule has 2 heterocycles. The second-order valence-electron chi connectivity index (χ2n) is 5.36. The third kappa shape index (κ3) is 5.48. The Labute approximate surface area is 145 Å². The zero-order valence-electron chi connectivity index (χ0n) is 13.4. The molecule has 2 rings (SSSR count). The van der Waals surface area contributed by atoms with Crippen molar-refractivity contribution >= 4 is 29.4 Å². The molecule has 0 bridgehead atoms. The monoisotopic (exact) mass is 367 g/mol. The number of ether oxygens (including phenoxy) is 4. The molecule has 0 aromatic carbocycles. The standard InChI is InChI=1S/C14H25NO6S2/c1-9(17)15-11(14-22-4-3-5-23-14)13-12(20-8-21-13)10(6-16)19-7-18-2/h10-14,16H,3-8H2,1-2H3,(H,15,17)/t10-,11-,12-,13-/m1/s1. The fourth-order valence-corrected chi connectivity index (χ4v) is 5.77. The van der Waals surface area contributed by atoms with Crippen LogP contribution in [0.3, 0.4) is 0 Å². The van der Waals surface area contributed by atoms with Gasteiger partial charge >= 0.3 is 0 Å². The van der Waals surface area contributed by atoms with Crippen LogP contribution in [0.2, 0.25) is 0 Å². The molecule has 2 aliphatic heterocycles. The summed E-state index contributed by atoms with van der Waals surface area (Å²) in [5.41, 5.74) is 0. The molecule has 0 aromatic rings. The third-order valence-corrected chi connectivity index (χ3v) is 6.77. The second kappa shape index (κ2) is 10.1. The Kier molecular flexibility index (Phi) is 8.45. The number of aliphatic hydroxyl groups is 1. The van der Waals surface area contributed by atoms with Gasteiger partial charge in [-0.15, -0.1) is 23.5 Å². The van der Waals surface area contributed by atoms with Crippen molar-refractivity contribution < 1.29 is 28.8 Å². The molecule has 0 saturated carbocycles. The van der Waals surface area contributed by atoms with Crippen LogP contribution >= 0.6 is 23.5 Å². The van der Waals surface area contributed by atoms with Crippen molar-refractivity contribution in [3.63, 3.8) is 0 Å². The average molecular weight is 367 g/mol. The number of hydrogen-bond acceptors (Lipinski definition) is 8. The Bertz CT molecular complexity index is 369. The number of amides is 1. The molecule has 7 nitrogen and oxygen atoms in total. The lowest BCUT2D eigenvalue weighted by molar-refractivity contribution is -0.135. The van der Waals surface area contributed by atoms with Gasteiger partial charge < -0.3 is 29.4 Å². The second-order valence-corrected chi connectivity index (χ2v) is 8.16. The molecule has 0 radical (unpaired) electrons. The van der Waals surface area contributed by atoms with Crippen LogP contribution in [0.4, 0.5) is 0 Å². The van der Waals surface area contributed by atoms with Crippen molar-refractivity contribution in [3.05, 3.63) is 0 Å². The molecule has 4 atom stereocenters. The first-order chi connectivity index (χ1) is 11.2. The predicted molar refractivity (Wildman–Crippen MR) is 89.4 cm³/mol. The molecular formula is C14H25NO6S2. The van der Waals surface area contributed by atoms with Crippen LogP contribution in [0, 0.1) is 0 Å². The van der Waals surface area contributed by atoms with Gasteiger partial charge in [0.1, 0.15) is 31.9 Å². The van der Waals surface area contributed by atoms with Gasteiger partial charge in [-0.25, -0.2) is 0 Å². The summed E-state index contributed by atoms with van der Waals surface area (Å²) in [6, 6.07) is -0.199. The average Bonchev–Trinajstić information content (AvgIpc) is 3.03. The summed E-state index contributed by atoms with van der Waals surface area (Å²) in [5, 5.41) is 12.6. The van der Waals surface area contributed by atoms with E-state index in [1.807, 2.05) is 23.5 Å². The van der Waals surface area contributed by atoms with E-state index in [0.717, 1.165) is 11.5 Å². The SMILES string of the molecule is COCO[C@H](CO)[C@H]1OCO[C@@H]1[C@@H](NC(C)=O)C1SCCCS1. The van der Waals surface area contributed by atoms with Crippen LogP contribution in [0.25, 0.3) is 0 Å². The van der Waals surface area contributed by atoms with E-state index in [-0.39, 0.29) is 42.8 Å². The summed E-state index contributed by atoms with van der Waals surface area (Å²) in [6.45, 7) is 1.49. The van der Waals surface area contributed by atoms with Gasteiger partial charge in [0.05, 0.1) is 17.2 Å². The number of aliphatic hydroxyl groups excluding tert-OH is 1. The van der Waals surface area contributed by atoms with Crippen molar-refractivity contribution in [2.75, 3.05) is 38.8 Å². The summed E-state index contributed by atoms with van der Waals surface area (Å²) >= 11 is 3.65. The van der Waals surface area contributed by atoms with Crippen LogP contribution in [0.1, 0.15) is 13.3 Å². The number of methoxy groups -OCH3 is 1. The Balaban J connectivity index is 2.09. The van der Waals surface area contributed by atoms with E-state index >= 15 is 0 Å². The van der Waals surface area contributed by atoms with Gasteiger partial charge in [-0.2, -0.15) is 0 Å². The van der Waals surface area contributed by atoms with E-state index in [9.17, 15) is 9.90 Å². The van der Waals surface area contributed by atoms with Crippen molar-refractivity contribution in [1.29, 1.82) is 0 Å². The van der Waals surface area contributed by atoms with Gasteiger partial charge in [-0.05, 0) is 17.9 Å². The fourth-order valence-electron chi connectivity index (χ4n) is 2.67. The largest absolute Gasteiger partial charge is 0.394 e. The summed E-state index contributed by atoms with van der Waals surface area (Å²) in [4.78, 5) is 11.6. The van der Waals surface area contributed by atoms with E-state index in [1.165, 1.54) is 20.5 Å². The highest BCUT2D eigenvalue weighted by atomic mass is 32.2. The third-order valence-electron chi connectivity index (χ3n) is 3.66. The highest BCUT2D eigenvalue weighted by Gasteiger charge is 2.45. The number of hydrogen-bond donors (Lipinski definition) is 2. The number of carbonyl (C=O) groups is 1. The molecular weight excluding hydrogens is 342 g/mol. The zero-order valence-corrected chi connectivity index (χ0v) is 15.1. The van der Waals surface area contributed by atoms with Gasteiger partial charge in [0, 0.05) is 14.0 Å². The highest BCUT2D eigenvalue weighted by molar-refractivity contribution is 8.17. The molecule has 23 heavy (non-hydrogen) atoms. The molecule has 2 N–H and O–H groups in total. The minimum Gasteiger partial charge on any atom is -0.394 e. The normalized spacial score (nSPS) is 28.5. The van der Waals surface area contributed by atoms with E-state index < -0.39 is 12.2 Å². The van der Waals surface area contributed by atoms with Crippen molar-refractivity contribution in [2.45, 2.75) is 42.3 Å². The number of thioether (sulfide) groups is 2. The lowest BCUT2D eigenvalue weighted by Gasteiger charge is -2.36. The smallest absolute Gasteiger partial charge is 0.217 e. The van der Waals surface area contributed by atoms with E-state index in [1.54, 1.807) is 0 Å². The van der Waals surface area contributed by atoms with Crippen LogP contribution in [-0.2, 0) is 23.7 Å². The van der Waals surface area contributed by atoms with E-state index in [4.69, 9.17) is 18.9 Å². The van der Waals surface area contributed by atoms with Crippen LogP contribution in [0.5, 0.6) is 0 Å². The molecule has 0 aromatic heterocycles. The van der Waals surface area contributed by atoms with Crippen molar-refractivity contribution in [3.8, 4) is 0 Å². The summed E-state index contributed by atoms with van der Waals surface area (Å²) < 4.78 is 22.0. The maximum absolute atomic E-state index is 11.6. The first-order valence-corrected chi connectivity index (χ1v) is 9.72. The van der Waals surface area contributed by atoms with Gasteiger partial charge in [-0.3, -0.25) is 4.79 Å². The van der Waals surface area contributed by atoms with Crippen molar-refractivity contribution in [2.24, 2.45) is 0 Å². The Morgan fingerprint density at radius 1 is 1.35 bits per heavy atom. The molecule has 9 heteroatoms. The summed E-state index contributed by atoms with van der Waals surface area (Å²) in [5.74, 6) is 2.03. The minimum atomic E-state index is -0.558. The molecule has 1 amide bonds. The highest BCUT2D eigenvalue weighted by Crippen LogP contribution is 2.37. The first-order valence-electron chi connectivity index (χ1n) is 7.62. The maximum Gasteiger partial charge on any atom is 0.217 e. The number of rotatable bonds is 8. The lowest BCUT2D eigenvalue weighted by atomic mass is 10.0. The first kappa shape index (κ1) is 19.3. The molecule has 2 aliphatic rings. The molecule has 0 spiro atoms. The number of carbonyl (C=O) groups excluding carboxylic acids is 1. The van der Waals surface area contributed by atoms with Gasteiger partial charge in [0.25, 0.3) is 0 Å². The Morgan fingerprint density at radius 2 is 2.04 bits per heavy atom. The topological polar surface area (TPSA) is 86.2 Å². The van der Waals surface area contributed by atoms with Crippen LogP contribution in [0.15, 0.2) is 0 Å². The fraction of sp³-hybridized carbons (Fsp3) is 0.929. The molecule has 0 aliphatic carbocycles. The molecule has 2 fully saturated rings. The maximum atomic E-state index is 11.6. The zero-order chi connectivity index (χ0) is 16.7. The minimum absolute atomic E-state index is 0.0650. The molecule has 134 valence electrons. The van der Waals surface area contributed by atoms with Gasteiger partial charge in [-0.1, -0.05) is 0 Å². The van der Waals surface area contributed by atoms with Gasteiger partial charge in [0.2, 0.25) is 5.91 Å². The van der Waals surface area contributed by atoms with Crippen LogP contribution in [-0.4, -0.2) is 78.8 Å². The Morgan fingerprint density at radius 3 is 2.65 bits per heavy atom. The summed E-state index contributed by atoms with van der Waals surface area (Å²) in [7, 11) is 1.52. The van der Waals surface area contributed by atoms with Crippen LogP contribution < -0.4 is 5.32 Å². The lowest BCUT2D eigenvalue weighted by Crippen LogP contribution is -2.55. The van der Waals surface area contributed by atoms with Gasteiger partial charge in [0.15, 0.2) is 0 Å². The molecule has 2 saturated heterocycles. The van der Waals surface area contributed by atoms with Crippen molar-refractivity contribution in [1.82, 2.24) is 5.32 Å². The predicted octanol–water partition coefficient (Wildman–Crippen LogP) is 0.410. The summed E-state index contributed by atoms with van der Waals surface area (Å²) in [6.07, 6.45) is -0.205. The number of nitrogens with one attached hydrogen (secondary N) is 1. The Hall–Kier alpha value is -0.0300.